The van der Waals surface area contributed by atoms with Crippen molar-refractivity contribution in [3.8, 4) is 0 Å². The molecule has 3 aromatic rings. The highest BCUT2D eigenvalue weighted by Crippen LogP contribution is 2.41. The third-order valence-corrected chi connectivity index (χ3v) is 5.51. The maximum Gasteiger partial charge on any atom is 0.410 e. The van der Waals surface area contributed by atoms with E-state index in [0.29, 0.717) is 0 Å². The van der Waals surface area contributed by atoms with Crippen molar-refractivity contribution in [1.29, 1.82) is 0 Å². The standard InChI is InChI=1S/C19H16F4N6O/c20-12-10-13(11-4-2-1-3-5-11)28-17(12)25-16(26-28)18(30)27-9-7-14(19(21,22)23)29-15(27)6-8-24-29/h1-6,8,12-14H,7,9-10H2/t12-,13-,14?/m0/s1. The summed E-state index contributed by atoms with van der Waals surface area (Å²) in [6.45, 7) is -0.167. The van der Waals surface area contributed by atoms with E-state index >= 15 is 0 Å². The Hall–Kier alpha value is -3.24. The third-order valence-electron chi connectivity index (χ3n) is 5.51. The van der Waals surface area contributed by atoms with Gasteiger partial charge in [-0.15, -0.1) is 5.10 Å². The van der Waals surface area contributed by atoms with E-state index in [1.807, 2.05) is 30.3 Å². The Balaban J connectivity index is 1.47. The largest absolute Gasteiger partial charge is 0.410 e. The smallest absolute Gasteiger partial charge is 0.290 e. The fourth-order valence-corrected chi connectivity index (χ4v) is 4.10. The Bertz CT molecular complexity index is 1090. The van der Waals surface area contributed by atoms with Crippen molar-refractivity contribution in [3.05, 3.63) is 59.8 Å². The van der Waals surface area contributed by atoms with Crippen LogP contribution in [0.15, 0.2) is 42.6 Å². The molecule has 2 aliphatic rings. The van der Waals surface area contributed by atoms with Crippen LogP contribution in [0.1, 0.15) is 53.1 Å². The lowest BCUT2D eigenvalue weighted by atomic mass is 10.0. The lowest BCUT2D eigenvalue weighted by molar-refractivity contribution is -0.172. The van der Waals surface area contributed by atoms with Crippen LogP contribution in [0.25, 0.3) is 0 Å². The Morgan fingerprint density at radius 1 is 1.10 bits per heavy atom. The highest BCUT2D eigenvalue weighted by Gasteiger charge is 2.46. The highest BCUT2D eigenvalue weighted by molar-refractivity contribution is 6.03. The van der Waals surface area contributed by atoms with Crippen molar-refractivity contribution in [2.24, 2.45) is 0 Å². The third kappa shape index (κ3) is 2.87. The maximum absolute atomic E-state index is 14.6. The first kappa shape index (κ1) is 18.8. The molecule has 0 radical (unpaired) electrons. The summed E-state index contributed by atoms with van der Waals surface area (Å²) >= 11 is 0. The van der Waals surface area contributed by atoms with Crippen molar-refractivity contribution >= 4 is 11.7 Å². The fraction of sp³-hybridized carbons (Fsp3) is 0.368. The fourth-order valence-electron chi connectivity index (χ4n) is 4.10. The molecular formula is C19H16F4N6O. The number of hydrogen-bond acceptors (Lipinski definition) is 4. The van der Waals surface area contributed by atoms with Gasteiger partial charge in [-0.05, 0) is 12.0 Å². The highest BCUT2D eigenvalue weighted by atomic mass is 19.4. The van der Waals surface area contributed by atoms with Gasteiger partial charge >= 0.3 is 6.18 Å². The van der Waals surface area contributed by atoms with E-state index in [4.69, 9.17) is 0 Å². The van der Waals surface area contributed by atoms with Crippen molar-refractivity contribution in [2.75, 3.05) is 11.4 Å². The number of anilines is 1. The molecule has 30 heavy (non-hydrogen) atoms. The van der Waals surface area contributed by atoms with E-state index in [-0.39, 0.29) is 36.9 Å². The van der Waals surface area contributed by atoms with Crippen LogP contribution >= 0.6 is 0 Å². The van der Waals surface area contributed by atoms with Crippen molar-refractivity contribution in [1.82, 2.24) is 24.5 Å². The quantitative estimate of drug-likeness (QED) is 0.594. The van der Waals surface area contributed by atoms with Gasteiger partial charge in [0.25, 0.3) is 5.91 Å². The molecule has 0 bridgehead atoms. The average Bonchev–Trinajstić information content (AvgIpc) is 3.43. The second-order valence-electron chi connectivity index (χ2n) is 7.30. The maximum atomic E-state index is 14.6. The summed E-state index contributed by atoms with van der Waals surface area (Å²) in [5.74, 6) is -0.865. The molecule has 5 rings (SSSR count). The first-order chi connectivity index (χ1) is 14.3. The minimum absolute atomic E-state index is 0.0138. The predicted molar refractivity (Wildman–Crippen MR) is 96.7 cm³/mol. The number of carbonyl (C=O) groups excluding carboxylic acids is 1. The van der Waals surface area contributed by atoms with Gasteiger partial charge in [-0.2, -0.15) is 18.3 Å². The van der Waals surface area contributed by atoms with Crippen LogP contribution in [0.2, 0.25) is 0 Å². The van der Waals surface area contributed by atoms with Crippen LogP contribution in [0.4, 0.5) is 23.4 Å². The van der Waals surface area contributed by atoms with Gasteiger partial charge in [-0.1, -0.05) is 30.3 Å². The van der Waals surface area contributed by atoms with Gasteiger partial charge in [0.05, 0.1) is 12.2 Å². The molecule has 7 nitrogen and oxygen atoms in total. The number of nitrogens with zero attached hydrogens (tertiary/aromatic N) is 6. The van der Waals surface area contributed by atoms with Gasteiger partial charge in [-0.25, -0.2) is 18.7 Å². The molecule has 3 atom stereocenters. The topological polar surface area (TPSA) is 68.8 Å². The van der Waals surface area contributed by atoms with Gasteiger partial charge in [0.2, 0.25) is 5.82 Å². The van der Waals surface area contributed by atoms with Crippen LogP contribution in [0.5, 0.6) is 0 Å². The molecule has 156 valence electrons. The molecule has 0 spiro atoms. The summed E-state index contributed by atoms with van der Waals surface area (Å²) in [6, 6.07) is 8.33. The van der Waals surface area contributed by atoms with Gasteiger partial charge in [0, 0.05) is 19.0 Å². The van der Waals surface area contributed by atoms with Crippen LogP contribution in [0, 0.1) is 0 Å². The molecule has 1 aromatic carbocycles. The van der Waals surface area contributed by atoms with Crippen LogP contribution in [-0.2, 0) is 0 Å². The van der Waals surface area contributed by atoms with Crippen molar-refractivity contribution in [2.45, 2.75) is 37.3 Å². The van der Waals surface area contributed by atoms with Crippen molar-refractivity contribution in [3.63, 3.8) is 0 Å². The molecular weight excluding hydrogens is 404 g/mol. The van der Waals surface area contributed by atoms with Crippen LogP contribution in [-0.4, -0.2) is 43.2 Å². The van der Waals surface area contributed by atoms with E-state index in [9.17, 15) is 22.4 Å². The van der Waals surface area contributed by atoms with Crippen LogP contribution < -0.4 is 4.90 Å². The summed E-state index contributed by atoms with van der Waals surface area (Å²) < 4.78 is 56.6. The van der Waals surface area contributed by atoms with E-state index in [0.717, 1.165) is 15.1 Å². The molecule has 0 saturated heterocycles. The SMILES string of the molecule is O=C(c1nc2n(n1)[C@H](c1ccccc1)C[C@@H]2F)N1CCC(C(F)(F)F)n2nccc21. The van der Waals surface area contributed by atoms with Gasteiger partial charge in [0.15, 0.2) is 18.0 Å². The number of fused-ring (bicyclic) bond motifs is 2. The Kier molecular flexibility index (Phi) is 4.16. The van der Waals surface area contributed by atoms with E-state index < -0.39 is 30.3 Å². The summed E-state index contributed by atoms with van der Waals surface area (Å²) in [5, 5.41) is 7.96. The normalized spacial score (nSPS) is 23.3. The Morgan fingerprint density at radius 2 is 1.87 bits per heavy atom. The summed E-state index contributed by atoms with van der Waals surface area (Å²) in [5.41, 5.74) is 0.840. The first-order valence-corrected chi connectivity index (χ1v) is 9.42. The van der Waals surface area contributed by atoms with Gasteiger partial charge < -0.3 is 0 Å². The zero-order valence-electron chi connectivity index (χ0n) is 15.5. The van der Waals surface area contributed by atoms with E-state index in [1.165, 1.54) is 16.9 Å². The summed E-state index contributed by atoms with van der Waals surface area (Å²) in [6.07, 6.45) is -4.82. The second kappa shape index (κ2) is 6.64. The molecule has 4 heterocycles. The number of hydrogen-bond donors (Lipinski definition) is 0. The summed E-state index contributed by atoms with van der Waals surface area (Å²) in [7, 11) is 0. The Labute approximate surface area is 167 Å². The number of aromatic nitrogens is 5. The predicted octanol–water partition coefficient (Wildman–Crippen LogP) is 3.63. The minimum Gasteiger partial charge on any atom is -0.290 e. The minimum atomic E-state index is -4.48. The molecule has 11 heteroatoms. The number of amides is 1. The first-order valence-electron chi connectivity index (χ1n) is 9.42. The molecule has 0 saturated carbocycles. The van der Waals surface area contributed by atoms with Gasteiger partial charge in [0.1, 0.15) is 5.82 Å². The molecule has 1 unspecified atom stereocenters. The zero-order chi connectivity index (χ0) is 21.0. The number of alkyl halides is 4. The number of rotatable bonds is 2. The molecule has 0 fully saturated rings. The van der Waals surface area contributed by atoms with Crippen LogP contribution in [0.3, 0.4) is 0 Å². The molecule has 2 aromatic heterocycles. The molecule has 0 aliphatic carbocycles. The molecule has 1 amide bonds. The zero-order valence-corrected chi connectivity index (χ0v) is 15.5. The van der Waals surface area contributed by atoms with E-state index in [1.54, 1.807) is 0 Å². The monoisotopic (exact) mass is 420 g/mol. The second-order valence-corrected chi connectivity index (χ2v) is 7.30. The number of carbonyl (C=O) groups is 1. The Morgan fingerprint density at radius 3 is 2.60 bits per heavy atom. The lowest BCUT2D eigenvalue weighted by Gasteiger charge is -2.33. The molecule has 0 N–H and O–H groups in total. The average molecular weight is 420 g/mol. The molecule has 2 aliphatic heterocycles. The summed E-state index contributed by atoms with van der Waals surface area (Å²) in [4.78, 5) is 18.3. The van der Waals surface area contributed by atoms with Gasteiger partial charge in [-0.3, -0.25) is 9.69 Å². The number of halogens is 4. The lowest BCUT2D eigenvalue weighted by Crippen LogP contribution is -2.43. The van der Waals surface area contributed by atoms with Crippen molar-refractivity contribution < 1.29 is 22.4 Å². The number of benzene rings is 1. The van der Waals surface area contributed by atoms with E-state index in [2.05, 4.69) is 15.2 Å².